The minimum Gasteiger partial charge on any atom is -0.299 e. The molecule has 3 aromatic rings. The second-order valence-electron chi connectivity index (χ2n) is 7.94. The second kappa shape index (κ2) is 8.53. The highest BCUT2D eigenvalue weighted by Gasteiger charge is 2.38. The first-order chi connectivity index (χ1) is 14.3. The van der Waals surface area contributed by atoms with Gasteiger partial charge in [-0.15, -0.1) is 0 Å². The Morgan fingerprint density at radius 2 is 1.52 bits per heavy atom. The van der Waals surface area contributed by atoms with Crippen LogP contribution < -0.4 is 0 Å². The van der Waals surface area contributed by atoms with E-state index < -0.39 is 0 Å². The van der Waals surface area contributed by atoms with Gasteiger partial charge in [-0.25, -0.2) is 4.31 Å². The molecule has 3 aromatic carbocycles. The predicted molar refractivity (Wildman–Crippen MR) is 122 cm³/mol. The molecule has 0 N–H and O–H groups in total. The van der Waals surface area contributed by atoms with Crippen molar-refractivity contribution in [2.24, 2.45) is 0 Å². The molecule has 0 saturated carbocycles. The van der Waals surface area contributed by atoms with Gasteiger partial charge in [0.05, 0.1) is 6.04 Å². The van der Waals surface area contributed by atoms with Crippen LogP contribution in [0.2, 0.25) is 5.02 Å². The Morgan fingerprint density at radius 3 is 2.28 bits per heavy atom. The summed E-state index contributed by atoms with van der Waals surface area (Å²) in [6.45, 7) is 3.36. The van der Waals surface area contributed by atoms with Crippen LogP contribution in [0.15, 0.2) is 83.8 Å². The van der Waals surface area contributed by atoms with Crippen molar-refractivity contribution in [1.82, 2.24) is 9.21 Å². The molecule has 2 nitrogen and oxygen atoms in total. The maximum atomic E-state index is 6.16. The molecule has 148 valence electrons. The molecule has 1 atom stereocenters. The minimum atomic E-state index is 0.305. The average molecular weight is 421 g/mol. The smallest absolute Gasteiger partial charge is 0.0719 e. The van der Waals surface area contributed by atoms with Gasteiger partial charge < -0.3 is 0 Å². The fourth-order valence-corrected chi connectivity index (χ4v) is 6.00. The van der Waals surface area contributed by atoms with E-state index in [9.17, 15) is 0 Å². The Morgan fingerprint density at radius 1 is 0.828 bits per heavy atom. The van der Waals surface area contributed by atoms with Crippen LogP contribution in [0.3, 0.4) is 0 Å². The summed E-state index contributed by atoms with van der Waals surface area (Å²) in [6.07, 6.45) is 2.41. The standard InChI is InChI=1S/C25H25ClN2S/c26-21-12-10-20(11-13-21)25-23-8-4-5-9-24(23)29-28(25)22-14-16-27(17-15-22)18-19-6-2-1-3-7-19/h1-13,22,25H,14-18H2. The molecule has 0 aliphatic carbocycles. The predicted octanol–water partition coefficient (Wildman–Crippen LogP) is 6.42. The number of nitrogens with zero attached hydrogens (tertiary/aromatic N) is 2. The highest BCUT2D eigenvalue weighted by atomic mass is 35.5. The van der Waals surface area contributed by atoms with Gasteiger partial charge in [0.25, 0.3) is 0 Å². The third-order valence-corrected chi connectivity index (χ3v) is 7.56. The Kier molecular flexibility index (Phi) is 5.65. The first-order valence-corrected chi connectivity index (χ1v) is 11.5. The molecule has 29 heavy (non-hydrogen) atoms. The van der Waals surface area contributed by atoms with Crippen LogP contribution in [-0.2, 0) is 6.54 Å². The normalized spacial score (nSPS) is 20.7. The van der Waals surface area contributed by atoms with Crippen LogP contribution in [0.5, 0.6) is 0 Å². The molecule has 2 aliphatic heterocycles. The summed E-state index contributed by atoms with van der Waals surface area (Å²) < 4.78 is 2.65. The van der Waals surface area contributed by atoms with Crippen LogP contribution in [0.1, 0.15) is 35.6 Å². The average Bonchev–Trinajstić information content (AvgIpc) is 3.15. The number of halogens is 1. The van der Waals surface area contributed by atoms with E-state index in [1.807, 2.05) is 24.1 Å². The molecular weight excluding hydrogens is 396 g/mol. The first kappa shape index (κ1) is 19.2. The molecular formula is C25H25ClN2S. The van der Waals surface area contributed by atoms with Gasteiger partial charge in [0.2, 0.25) is 0 Å². The van der Waals surface area contributed by atoms with E-state index in [-0.39, 0.29) is 0 Å². The summed E-state index contributed by atoms with van der Waals surface area (Å²) in [4.78, 5) is 3.98. The number of likely N-dealkylation sites (tertiary alicyclic amines) is 1. The van der Waals surface area contributed by atoms with Gasteiger partial charge in [0.1, 0.15) is 0 Å². The van der Waals surface area contributed by atoms with Gasteiger partial charge in [0, 0.05) is 35.6 Å². The highest BCUT2D eigenvalue weighted by Crippen LogP contribution is 2.49. The van der Waals surface area contributed by atoms with Crippen molar-refractivity contribution >= 4 is 23.5 Å². The van der Waals surface area contributed by atoms with E-state index in [1.54, 1.807) is 0 Å². The van der Waals surface area contributed by atoms with Crippen molar-refractivity contribution in [3.8, 4) is 0 Å². The number of benzene rings is 3. The molecule has 2 heterocycles. The van der Waals surface area contributed by atoms with Crippen molar-refractivity contribution in [1.29, 1.82) is 0 Å². The molecule has 5 rings (SSSR count). The first-order valence-electron chi connectivity index (χ1n) is 10.3. The van der Waals surface area contributed by atoms with E-state index in [4.69, 9.17) is 11.6 Å². The van der Waals surface area contributed by atoms with Crippen LogP contribution in [0.25, 0.3) is 0 Å². The maximum absolute atomic E-state index is 6.16. The molecule has 1 fully saturated rings. The third kappa shape index (κ3) is 4.10. The summed E-state index contributed by atoms with van der Waals surface area (Å²) in [5.74, 6) is 0. The summed E-state index contributed by atoms with van der Waals surface area (Å²) in [6, 6.07) is 29.0. The van der Waals surface area contributed by atoms with E-state index in [1.165, 1.54) is 34.4 Å². The fourth-order valence-electron chi connectivity index (χ4n) is 4.52. The van der Waals surface area contributed by atoms with Crippen molar-refractivity contribution in [3.63, 3.8) is 0 Å². The Bertz CT molecular complexity index is 952. The molecule has 0 spiro atoms. The quantitative estimate of drug-likeness (QED) is 0.450. The molecule has 1 unspecified atom stereocenters. The zero-order valence-electron chi connectivity index (χ0n) is 16.4. The molecule has 0 aromatic heterocycles. The van der Waals surface area contributed by atoms with Gasteiger partial charge in [-0.1, -0.05) is 72.3 Å². The van der Waals surface area contributed by atoms with E-state index >= 15 is 0 Å². The molecule has 0 bridgehead atoms. The lowest BCUT2D eigenvalue weighted by atomic mass is 9.95. The zero-order valence-corrected chi connectivity index (χ0v) is 17.9. The Balaban J connectivity index is 1.33. The maximum Gasteiger partial charge on any atom is 0.0719 e. The number of rotatable bonds is 4. The number of hydrogen-bond donors (Lipinski definition) is 0. The van der Waals surface area contributed by atoms with Crippen LogP contribution in [0.4, 0.5) is 0 Å². The number of fused-ring (bicyclic) bond motifs is 1. The number of hydrogen-bond acceptors (Lipinski definition) is 3. The summed E-state index contributed by atoms with van der Waals surface area (Å²) in [5.41, 5.74) is 4.16. The van der Waals surface area contributed by atoms with E-state index in [0.29, 0.717) is 12.1 Å². The van der Waals surface area contributed by atoms with E-state index in [0.717, 1.165) is 24.7 Å². The van der Waals surface area contributed by atoms with Crippen LogP contribution >= 0.6 is 23.5 Å². The lowest BCUT2D eigenvalue weighted by Gasteiger charge is -2.38. The summed E-state index contributed by atoms with van der Waals surface area (Å²) in [7, 11) is 0. The zero-order chi connectivity index (χ0) is 19.6. The molecule has 0 radical (unpaired) electrons. The third-order valence-electron chi connectivity index (χ3n) is 6.02. The topological polar surface area (TPSA) is 6.48 Å². The lowest BCUT2D eigenvalue weighted by Crippen LogP contribution is -2.42. The monoisotopic (exact) mass is 420 g/mol. The van der Waals surface area contributed by atoms with Crippen LogP contribution in [0, 0.1) is 0 Å². The van der Waals surface area contributed by atoms with E-state index in [2.05, 4.69) is 75.9 Å². The summed E-state index contributed by atoms with van der Waals surface area (Å²) >= 11 is 8.10. The van der Waals surface area contributed by atoms with Crippen molar-refractivity contribution < 1.29 is 0 Å². The molecule has 4 heteroatoms. The van der Waals surface area contributed by atoms with Crippen molar-refractivity contribution in [2.45, 2.75) is 36.4 Å². The van der Waals surface area contributed by atoms with Crippen LogP contribution in [-0.4, -0.2) is 28.3 Å². The summed E-state index contributed by atoms with van der Waals surface area (Å²) in [5, 5.41) is 0.799. The number of piperidine rings is 1. The second-order valence-corrected chi connectivity index (χ2v) is 9.42. The fraction of sp³-hybridized carbons (Fsp3) is 0.280. The van der Waals surface area contributed by atoms with Gasteiger partial charge >= 0.3 is 0 Å². The molecule has 1 saturated heterocycles. The molecule has 2 aliphatic rings. The minimum absolute atomic E-state index is 0.305. The van der Waals surface area contributed by atoms with Gasteiger partial charge in [0.15, 0.2) is 0 Å². The van der Waals surface area contributed by atoms with Crippen molar-refractivity contribution in [2.75, 3.05) is 13.1 Å². The van der Waals surface area contributed by atoms with Gasteiger partial charge in [-0.2, -0.15) is 0 Å². The highest BCUT2D eigenvalue weighted by molar-refractivity contribution is 7.97. The Hall–Kier alpha value is -1.78. The Labute approximate surface area is 182 Å². The molecule has 0 amide bonds. The van der Waals surface area contributed by atoms with Gasteiger partial charge in [-0.05, 0) is 59.7 Å². The lowest BCUT2D eigenvalue weighted by molar-refractivity contribution is 0.150. The largest absolute Gasteiger partial charge is 0.299 e. The SMILES string of the molecule is Clc1ccc(C2c3ccccc3SN2C2CCN(Cc3ccccc3)CC2)cc1. The van der Waals surface area contributed by atoms with Crippen molar-refractivity contribution in [3.05, 3.63) is 101 Å². The van der Waals surface area contributed by atoms with Gasteiger partial charge in [-0.3, -0.25) is 4.90 Å².